The number of ether oxygens (including phenoxy) is 2. The lowest BCUT2D eigenvalue weighted by molar-refractivity contribution is -0.141. The number of nitrogen functional groups attached to an aromatic ring is 1. The molecular formula is C16H23NO3S. The van der Waals surface area contributed by atoms with Crippen LogP contribution in [0, 0.1) is 5.41 Å². The highest BCUT2D eigenvalue weighted by atomic mass is 32.2. The van der Waals surface area contributed by atoms with Crippen molar-refractivity contribution < 1.29 is 14.3 Å². The number of hydrogen-bond acceptors (Lipinski definition) is 5. The van der Waals surface area contributed by atoms with Crippen LogP contribution in [0.25, 0.3) is 0 Å². The van der Waals surface area contributed by atoms with Crippen LogP contribution >= 0.6 is 11.8 Å². The summed E-state index contributed by atoms with van der Waals surface area (Å²) in [7, 11) is 1.44. The summed E-state index contributed by atoms with van der Waals surface area (Å²) < 4.78 is 10.4. The quantitative estimate of drug-likeness (QED) is 0.452. The first-order chi connectivity index (χ1) is 10.1. The summed E-state index contributed by atoms with van der Waals surface area (Å²) in [4.78, 5) is 12.5. The van der Waals surface area contributed by atoms with Crippen molar-refractivity contribution in [3.05, 3.63) is 18.2 Å². The van der Waals surface area contributed by atoms with Gasteiger partial charge in [0.2, 0.25) is 0 Å². The molecule has 1 saturated carbocycles. The smallest absolute Gasteiger partial charge is 0.306 e. The van der Waals surface area contributed by atoms with Crippen LogP contribution in [0.2, 0.25) is 0 Å². The summed E-state index contributed by atoms with van der Waals surface area (Å²) >= 11 is 1.70. The van der Waals surface area contributed by atoms with Crippen LogP contribution < -0.4 is 10.5 Å². The predicted molar refractivity (Wildman–Crippen MR) is 85.7 cm³/mol. The van der Waals surface area contributed by atoms with Gasteiger partial charge in [-0.05, 0) is 36.8 Å². The van der Waals surface area contributed by atoms with Gasteiger partial charge in [0.25, 0.3) is 0 Å². The number of esters is 1. The van der Waals surface area contributed by atoms with E-state index in [1.54, 1.807) is 11.8 Å². The average molecular weight is 309 g/mol. The first-order valence-electron chi connectivity index (χ1n) is 7.31. The van der Waals surface area contributed by atoms with Gasteiger partial charge >= 0.3 is 5.97 Å². The molecule has 2 N–H and O–H groups in total. The number of para-hydroxylation sites is 1. The number of carbonyl (C=O) groups excluding carboxylic acids is 1. The summed E-state index contributed by atoms with van der Waals surface area (Å²) in [5.74, 6) is 1.52. The molecule has 0 amide bonds. The number of carbonyl (C=O) groups is 1. The van der Waals surface area contributed by atoms with Crippen LogP contribution in [-0.2, 0) is 9.53 Å². The maximum absolute atomic E-state index is 11.4. The molecule has 0 aromatic heterocycles. The molecule has 1 fully saturated rings. The van der Waals surface area contributed by atoms with Crippen molar-refractivity contribution in [3.63, 3.8) is 0 Å². The van der Waals surface area contributed by atoms with Gasteiger partial charge in [0, 0.05) is 10.6 Å². The zero-order valence-corrected chi connectivity index (χ0v) is 13.5. The molecule has 1 aromatic carbocycles. The summed E-state index contributed by atoms with van der Waals surface area (Å²) in [5.41, 5.74) is 6.96. The van der Waals surface area contributed by atoms with E-state index in [1.165, 1.54) is 7.11 Å². The third-order valence-corrected chi connectivity index (χ3v) is 5.15. The van der Waals surface area contributed by atoms with E-state index in [9.17, 15) is 4.79 Å². The molecule has 0 radical (unpaired) electrons. The third-order valence-electron chi connectivity index (χ3n) is 3.73. The minimum Gasteiger partial charge on any atom is -0.491 e. The van der Waals surface area contributed by atoms with Gasteiger partial charge in [-0.1, -0.05) is 13.0 Å². The van der Waals surface area contributed by atoms with Crippen molar-refractivity contribution >= 4 is 23.4 Å². The average Bonchev–Trinajstić information content (AvgIpc) is 3.24. The van der Waals surface area contributed by atoms with Gasteiger partial charge < -0.3 is 15.2 Å². The molecule has 1 aromatic rings. The zero-order valence-electron chi connectivity index (χ0n) is 12.7. The molecule has 0 saturated heterocycles. The first kappa shape index (κ1) is 16.0. The highest BCUT2D eigenvalue weighted by Crippen LogP contribution is 2.52. The van der Waals surface area contributed by atoms with Crippen LogP contribution in [0.15, 0.2) is 23.1 Å². The molecule has 1 aliphatic carbocycles. The molecule has 21 heavy (non-hydrogen) atoms. The molecule has 4 nitrogen and oxygen atoms in total. The third kappa shape index (κ3) is 4.30. The molecule has 1 aliphatic rings. The van der Waals surface area contributed by atoms with Gasteiger partial charge in [-0.15, -0.1) is 11.8 Å². The normalized spacial score (nSPS) is 15.5. The zero-order chi connectivity index (χ0) is 15.3. The molecular weight excluding hydrogens is 286 g/mol. The van der Waals surface area contributed by atoms with E-state index in [2.05, 4.69) is 6.92 Å². The lowest BCUT2D eigenvalue weighted by Crippen LogP contribution is -2.13. The Balaban J connectivity index is 1.95. The number of nitrogens with two attached hydrogens (primary N) is 1. The molecule has 0 heterocycles. The topological polar surface area (TPSA) is 61.5 Å². The van der Waals surface area contributed by atoms with Gasteiger partial charge in [-0.3, -0.25) is 4.79 Å². The summed E-state index contributed by atoms with van der Waals surface area (Å²) in [6, 6.07) is 5.87. The molecule has 0 spiro atoms. The summed E-state index contributed by atoms with van der Waals surface area (Å²) in [5, 5.41) is 0. The molecule has 0 aliphatic heterocycles. The Kier molecular flexibility index (Phi) is 5.39. The highest BCUT2D eigenvalue weighted by molar-refractivity contribution is 7.99. The van der Waals surface area contributed by atoms with Gasteiger partial charge in [-0.2, -0.15) is 0 Å². The monoisotopic (exact) mass is 309 g/mol. The first-order valence-corrected chi connectivity index (χ1v) is 8.30. The maximum Gasteiger partial charge on any atom is 0.306 e. The fraction of sp³-hybridized carbons (Fsp3) is 0.562. The molecule has 0 bridgehead atoms. The molecule has 5 heteroatoms. The van der Waals surface area contributed by atoms with E-state index in [1.807, 2.05) is 18.2 Å². The van der Waals surface area contributed by atoms with Crippen molar-refractivity contribution in [2.24, 2.45) is 5.41 Å². The predicted octanol–water partition coefficient (Wildman–Crippen LogP) is 3.49. The lowest BCUT2D eigenvalue weighted by Gasteiger charge is -2.15. The number of benzene rings is 1. The minimum absolute atomic E-state index is 0.102. The summed E-state index contributed by atoms with van der Waals surface area (Å²) in [6.07, 6.45) is 3.63. The van der Waals surface area contributed by atoms with Crippen molar-refractivity contribution in [2.75, 3.05) is 25.2 Å². The van der Waals surface area contributed by atoms with Crippen LogP contribution in [-0.4, -0.2) is 25.4 Å². The van der Waals surface area contributed by atoms with E-state index >= 15 is 0 Å². The van der Waals surface area contributed by atoms with Crippen LogP contribution in [0.3, 0.4) is 0 Å². The van der Waals surface area contributed by atoms with Gasteiger partial charge in [0.05, 0.1) is 25.8 Å². The van der Waals surface area contributed by atoms with Crippen molar-refractivity contribution in [1.29, 1.82) is 0 Å². The Morgan fingerprint density at radius 1 is 1.43 bits per heavy atom. The Morgan fingerprint density at radius 2 is 2.19 bits per heavy atom. The molecule has 0 atom stereocenters. The van der Waals surface area contributed by atoms with Gasteiger partial charge in [0.1, 0.15) is 5.75 Å². The van der Waals surface area contributed by atoms with Crippen LogP contribution in [0.1, 0.15) is 32.6 Å². The second-order valence-electron chi connectivity index (χ2n) is 5.56. The number of rotatable bonds is 8. The highest BCUT2D eigenvalue weighted by Gasteiger charge is 2.44. The van der Waals surface area contributed by atoms with E-state index in [0.29, 0.717) is 18.7 Å². The largest absolute Gasteiger partial charge is 0.491 e. The van der Waals surface area contributed by atoms with E-state index < -0.39 is 0 Å². The van der Waals surface area contributed by atoms with Crippen molar-refractivity contribution in [1.82, 2.24) is 0 Å². The van der Waals surface area contributed by atoms with E-state index in [0.717, 1.165) is 35.7 Å². The Bertz CT molecular complexity index is 500. The minimum atomic E-state index is -0.124. The van der Waals surface area contributed by atoms with Gasteiger partial charge in [0.15, 0.2) is 0 Å². The maximum atomic E-state index is 11.4. The lowest BCUT2D eigenvalue weighted by atomic mass is 10.1. The summed E-state index contributed by atoms with van der Waals surface area (Å²) in [6.45, 7) is 2.74. The molecule has 0 unspecified atom stereocenters. The number of hydrogen-bond donors (Lipinski definition) is 1. The van der Waals surface area contributed by atoms with E-state index in [-0.39, 0.29) is 11.4 Å². The van der Waals surface area contributed by atoms with Crippen LogP contribution in [0.5, 0.6) is 5.75 Å². The Hall–Kier alpha value is -1.36. The SMILES string of the molecule is CCCOc1cccc(SCC2(CC(=O)OC)CC2)c1N. The standard InChI is InChI=1S/C16H23NO3S/c1-3-9-20-12-5-4-6-13(15(12)17)21-11-16(7-8-16)10-14(18)19-2/h4-6H,3,7-11,17H2,1-2H3. The van der Waals surface area contributed by atoms with Crippen LogP contribution in [0.4, 0.5) is 5.69 Å². The fourth-order valence-electron chi connectivity index (χ4n) is 2.15. The second-order valence-corrected chi connectivity index (χ2v) is 6.58. The molecule has 116 valence electrons. The Morgan fingerprint density at radius 3 is 2.81 bits per heavy atom. The fourth-order valence-corrected chi connectivity index (χ4v) is 3.43. The second kappa shape index (κ2) is 7.07. The van der Waals surface area contributed by atoms with Crippen molar-refractivity contribution in [3.8, 4) is 5.75 Å². The number of methoxy groups -OCH3 is 1. The molecule has 2 rings (SSSR count). The van der Waals surface area contributed by atoms with E-state index in [4.69, 9.17) is 15.2 Å². The number of thioether (sulfide) groups is 1. The van der Waals surface area contributed by atoms with Gasteiger partial charge in [-0.25, -0.2) is 0 Å². The van der Waals surface area contributed by atoms with Crippen molar-refractivity contribution in [2.45, 2.75) is 37.5 Å². The number of anilines is 1. The Labute approximate surface area is 130 Å².